The molecule has 0 amide bonds. The molecule has 0 radical (unpaired) electrons. The van der Waals surface area contributed by atoms with Crippen molar-refractivity contribution in [3.8, 4) is 11.6 Å². The van der Waals surface area contributed by atoms with E-state index in [1.165, 1.54) is 7.11 Å². The van der Waals surface area contributed by atoms with Gasteiger partial charge in [0.15, 0.2) is 11.2 Å². The minimum Gasteiger partial charge on any atom is -0.479 e. The number of hydrogen-bond acceptors (Lipinski definition) is 10. The van der Waals surface area contributed by atoms with E-state index in [4.69, 9.17) is 24.3 Å². The Kier molecular flexibility index (Phi) is 8.02. The molecule has 2 aromatic heterocycles. The number of carbonyl (C=O) groups excluding carboxylic acids is 1. The molecule has 13 heteroatoms. The van der Waals surface area contributed by atoms with E-state index in [-0.39, 0.29) is 31.1 Å². The van der Waals surface area contributed by atoms with Crippen LogP contribution in [0.4, 0.5) is 5.95 Å². The number of aromatic nitrogens is 4. The molecule has 12 nitrogen and oxygen atoms in total. The van der Waals surface area contributed by atoms with Crippen molar-refractivity contribution in [3.63, 3.8) is 0 Å². The third-order valence-corrected chi connectivity index (χ3v) is 8.16. The summed E-state index contributed by atoms with van der Waals surface area (Å²) in [6.07, 6.45) is 6.27. The maximum Gasteiger partial charge on any atom is 0.459 e. The smallest absolute Gasteiger partial charge is 0.459 e. The van der Waals surface area contributed by atoms with E-state index in [1.54, 1.807) is 26.2 Å². The first-order valence-electron chi connectivity index (χ1n) is 12.9. The summed E-state index contributed by atoms with van der Waals surface area (Å²) in [4.78, 5) is 25.1. The van der Waals surface area contributed by atoms with Crippen LogP contribution in [0.25, 0.3) is 21.9 Å². The SMILES string of the molecule is CCOC(=O)[C@H](C)NP(=O)(OC[C@@H]1C=C[C@H](n2cnc3c(OC)nc(N)nc32)C1)Oc1cccc2ccccc12. The summed E-state index contributed by atoms with van der Waals surface area (Å²) in [5.41, 5.74) is 6.92. The Morgan fingerprint density at radius 3 is 2.80 bits per heavy atom. The van der Waals surface area contributed by atoms with Gasteiger partial charge in [-0.05, 0) is 31.7 Å². The molecule has 5 rings (SSSR count). The molecule has 1 unspecified atom stereocenters. The van der Waals surface area contributed by atoms with Gasteiger partial charge in [0.25, 0.3) is 0 Å². The van der Waals surface area contributed by atoms with Crippen molar-refractivity contribution in [2.45, 2.75) is 32.4 Å². The van der Waals surface area contributed by atoms with E-state index in [2.05, 4.69) is 20.0 Å². The fraction of sp³-hybridized carbons (Fsp3) is 0.333. The molecule has 2 aromatic carbocycles. The highest BCUT2D eigenvalue weighted by molar-refractivity contribution is 7.52. The second-order valence-electron chi connectivity index (χ2n) is 9.33. The molecular formula is C27H31N6O6P. The molecule has 4 atom stereocenters. The summed E-state index contributed by atoms with van der Waals surface area (Å²) in [6.45, 7) is 3.53. The van der Waals surface area contributed by atoms with Gasteiger partial charge in [-0.15, -0.1) is 0 Å². The highest BCUT2D eigenvalue weighted by Crippen LogP contribution is 2.48. The number of nitrogens with zero attached hydrogens (tertiary/aromatic N) is 4. The molecule has 3 N–H and O–H groups in total. The normalized spacial score (nSPS) is 19.0. The Morgan fingerprint density at radius 1 is 1.20 bits per heavy atom. The highest BCUT2D eigenvalue weighted by atomic mass is 31.2. The number of methoxy groups -OCH3 is 1. The van der Waals surface area contributed by atoms with Crippen LogP contribution < -0.4 is 20.1 Å². The number of rotatable bonds is 11. The number of anilines is 1. The molecule has 0 bridgehead atoms. The van der Waals surface area contributed by atoms with Gasteiger partial charge in [-0.1, -0.05) is 48.6 Å². The maximum atomic E-state index is 14.0. The summed E-state index contributed by atoms with van der Waals surface area (Å²) >= 11 is 0. The van der Waals surface area contributed by atoms with Crippen molar-refractivity contribution in [2.24, 2.45) is 5.92 Å². The fourth-order valence-electron chi connectivity index (χ4n) is 4.62. The van der Waals surface area contributed by atoms with E-state index >= 15 is 0 Å². The molecule has 210 valence electrons. The number of imidazole rings is 1. The number of nitrogens with one attached hydrogen (secondary N) is 1. The standard InChI is InChI=1S/C27H31N6O6P/c1-4-37-26(34)17(2)32-40(35,39-22-11-7-9-19-8-5-6-10-21(19)22)38-15-18-12-13-20(14-18)33-16-29-23-24(33)30-27(28)31-25(23)36-3/h5-13,16-18,20H,4,14-15H2,1-3H3,(H,32,35)(H2,28,30,31)/t17-,18+,20-,40?/m0/s1. The average Bonchev–Trinajstić information content (AvgIpc) is 3.59. The van der Waals surface area contributed by atoms with Gasteiger partial charge in [0.2, 0.25) is 11.8 Å². The molecule has 0 aliphatic heterocycles. The van der Waals surface area contributed by atoms with Gasteiger partial charge in [0, 0.05) is 11.3 Å². The number of ether oxygens (including phenoxy) is 2. The third kappa shape index (κ3) is 5.79. The molecule has 4 aromatic rings. The Labute approximate surface area is 231 Å². The maximum absolute atomic E-state index is 14.0. The highest BCUT2D eigenvalue weighted by Gasteiger charge is 2.34. The van der Waals surface area contributed by atoms with Crippen LogP contribution >= 0.6 is 7.75 Å². The van der Waals surface area contributed by atoms with Crippen LogP contribution in [0, 0.1) is 5.92 Å². The van der Waals surface area contributed by atoms with Crippen LogP contribution in [0.15, 0.2) is 60.9 Å². The van der Waals surface area contributed by atoms with Crippen molar-refractivity contribution in [1.82, 2.24) is 24.6 Å². The molecule has 1 aliphatic rings. The summed E-state index contributed by atoms with van der Waals surface area (Å²) < 4.78 is 38.3. The lowest BCUT2D eigenvalue weighted by molar-refractivity contribution is -0.144. The molecular weight excluding hydrogens is 535 g/mol. The zero-order chi connectivity index (χ0) is 28.3. The number of nitrogen functional groups attached to an aromatic ring is 1. The van der Waals surface area contributed by atoms with Crippen molar-refractivity contribution in [1.29, 1.82) is 0 Å². The minimum absolute atomic E-state index is 0.0741. The van der Waals surface area contributed by atoms with Crippen molar-refractivity contribution >= 4 is 41.6 Å². The van der Waals surface area contributed by atoms with E-state index < -0.39 is 19.8 Å². The minimum atomic E-state index is -4.03. The largest absolute Gasteiger partial charge is 0.479 e. The summed E-state index contributed by atoms with van der Waals surface area (Å²) in [6, 6.07) is 12.0. The Hall–Kier alpha value is -3.99. The van der Waals surface area contributed by atoms with Gasteiger partial charge < -0.3 is 24.3 Å². The predicted molar refractivity (Wildman–Crippen MR) is 150 cm³/mol. The monoisotopic (exact) mass is 566 g/mol. The molecule has 1 aliphatic carbocycles. The van der Waals surface area contributed by atoms with Crippen molar-refractivity contribution in [3.05, 3.63) is 60.9 Å². The summed E-state index contributed by atoms with van der Waals surface area (Å²) in [7, 11) is -2.53. The molecule has 40 heavy (non-hydrogen) atoms. The molecule has 0 fully saturated rings. The summed E-state index contributed by atoms with van der Waals surface area (Å²) in [5, 5.41) is 4.43. The molecule has 0 saturated heterocycles. The zero-order valence-electron chi connectivity index (χ0n) is 22.4. The van der Waals surface area contributed by atoms with Gasteiger partial charge in [-0.3, -0.25) is 9.32 Å². The molecule has 2 heterocycles. The molecule has 0 saturated carbocycles. The number of benzene rings is 2. The van der Waals surface area contributed by atoms with E-state index in [0.717, 1.165) is 10.8 Å². The first-order valence-corrected chi connectivity index (χ1v) is 14.4. The van der Waals surface area contributed by atoms with Gasteiger partial charge in [0.05, 0.1) is 32.7 Å². The van der Waals surface area contributed by atoms with Crippen LogP contribution in [0.5, 0.6) is 11.6 Å². The number of esters is 1. The lowest BCUT2D eigenvalue weighted by atomic mass is 10.1. The second-order valence-corrected chi connectivity index (χ2v) is 11.0. The topological polar surface area (TPSA) is 153 Å². The van der Waals surface area contributed by atoms with Gasteiger partial charge >= 0.3 is 13.7 Å². The van der Waals surface area contributed by atoms with Crippen molar-refractivity contribution < 1.29 is 27.9 Å². The number of nitrogens with two attached hydrogens (primary N) is 1. The van der Waals surface area contributed by atoms with Crippen LogP contribution in [0.2, 0.25) is 0 Å². The predicted octanol–water partition coefficient (Wildman–Crippen LogP) is 4.43. The average molecular weight is 567 g/mol. The Bertz CT molecular complexity index is 1600. The number of carbonyl (C=O) groups is 1. The fourth-order valence-corrected chi connectivity index (χ4v) is 6.19. The zero-order valence-corrected chi connectivity index (χ0v) is 23.3. The number of fused-ring (bicyclic) bond motifs is 2. The van der Waals surface area contributed by atoms with Gasteiger partial charge in [0.1, 0.15) is 11.8 Å². The van der Waals surface area contributed by atoms with Crippen LogP contribution in [0.3, 0.4) is 0 Å². The quantitative estimate of drug-likeness (QED) is 0.151. The lowest BCUT2D eigenvalue weighted by Crippen LogP contribution is -2.35. The summed E-state index contributed by atoms with van der Waals surface area (Å²) in [5.74, 6) is 0.101. The van der Waals surface area contributed by atoms with Crippen LogP contribution in [-0.2, 0) is 18.6 Å². The number of allylic oxidation sites excluding steroid dienone is 1. The van der Waals surface area contributed by atoms with Gasteiger partial charge in [-0.25, -0.2) is 9.55 Å². The number of hydrogen-bond donors (Lipinski definition) is 2. The van der Waals surface area contributed by atoms with E-state index in [1.807, 2.05) is 53.1 Å². The van der Waals surface area contributed by atoms with Gasteiger partial charge in [-0.2, -0.15) is 15.1 Å². The van der Waals surface area contributed by atoms with Crippen LogP contribution in [-0.4, -0.2) is 51.9 Å². The van der Waals surface area contributed by atoms with E-state index in [9.17, 15) is 9.36 Å². The van der Waals surface area contributed by atoms with E-state index in [0.29, 0.717) is 29.2 Å². The van der Waals surface area contributed by atoms with Crippen molar-refractivity contribution in [2.75, 3.05) is 26.1 Å². The first-order chi connectivity index (χ1) is 19.3. The Morgan fingerprint density at radius 2 is 2.00 bits per heavy atom. The first kappa shape index (κ1) is 27.6. The van der Waals surface area contributed by atoms with Crippen LogP contribution in [0.1, 0.15) is 26.3 Å². The Balaban J connectivity index is 1.33. The third-order valence-electron chi connectivity index (χ3n) is 6.53. The molecule has 0 spiro atoms. The lowest BCUT2D eigenvalue weighted by Gasteiger charge is -2.24. The second kappa shape index (κ2) is 11.6.